The number of nitrogens with zero attached hydrogens (tertiary/aromatic N) is 2. The zero-order chi connectivity index (χ0) is 14.5. The molecule has 1 aromatic rings. The van der Waals surface area contributed by atoms with E-state index in [1.807, 2.05) is 6.20 Å². The first-order valence-electron chi connectivity index (χ1n) is 7.73. The summed E-state index contributed by atoms with van der Waals surface area (Å²) in [4.78, 5) is 7.19. The summed E-state index contributed by atoms with van der Waals surface area (Å²) in [6.07, 6.45) is 8.37. The molecule has 0 atom stereocenters. The van der Waals surface area contributed by atoms with Crippen molar-refractivity contribution in [2.24, 2.45) is 11.7 Å². The van der Waals surface area contributed by atoms with Crippen molar-refractivity contribution < 1.29 is 0 Å². The van der Waals surface area contributed by atoms with Crippen molar-refractivity contribution in [1.82, 2.24) is 4.98 Å². The van der Waals surface area contributed by atoms with E-state index in [9.17, 15) is 0 Å². The Morgan fingerprint density at radius 3 is 2.70 bits per heavy atom. The van der Waals surface area contributed by atoms with Gasteiger partial charge in [-0.2, -0.15) is 0 Å². The summed E-state index contributed by atoms with van der Waals surface area (Å²) in [5.74, 6) is 1.82. The standard InChI is InChI=1S/C16H26BrN3/c1-12(2)7-8-20(15-5-3-4-6-15)16-13(10-18)9-14(17)11-19-16/h9,11-12,15H,3-8,10,18H2,1-2H3. The molecule has 2 N–H and O–H groups in total. The lowest BCUT2D eigenvalue weighted by Gasteiger charge is -2.32. The van der Waals surface area contributed by atoms with Gasteiger partial charge in [-0.3, -0.25) is 0 Å². The maximum atomic E-state index is 5.92. The van der Waals surface area contributed by atoms with Gasteiger partial charge in [-0.15, -0.1) is 0 Å². The molecule has 0 aliphatic heterocycles. The average molecular weight is 340 g/mol. The first-order chi connectivity index (χ1) is 9.61. The number of anilines is 1. The van der Waals surface area contributed by atoms with Crippen molar-refractivity contribution in [2.45, 2.75) is 58.5 Å². The SMILES string of the molecule is CC(C)CCN(c1ncc(Br)cc1CN)C1CCCC1. The Morgan fingerprint density at radius 2 is 2.10 bits per heavy atom. The van der Waals surface area contributed by atoms with E-state index in [0.29, 0.717) is 12.6 Å². The molecule has 1 fully saturated rings. The number of hydrogen-bond acceptors (Lipinski definition) is 3. The van der Waals surface area contributed by atoms with Gasteiger partial charge >= 0.3 is 0 Å². The molecular weight excluding hydrogens is 314 g/mol. The fourth-order valence-corrected chi connectivity index (χ4v) is 3.34. The van der Waals surface area contributed by atoms with Crippen LogP contribution in [0, 0.1) is 5.92 Å². The van der Waals surface area contributed by atoms with Crippen molar-refractivity contribution in [3.8, 4) is 0 Å². The van der Waals surface area contributed by atoms with E-state index in [2.05, 4.69) is 45.7 Å². The summed E-state index contributed by atoms with van der Waals surface area (Å²) in [5, 5.41) is 0. The molecule has 3 nitrogen and oxygen atoms in total. The van der Waals surface area contributed by atoms with E-state index in [4.69, 9.17) is 5.73 Å². The lowest BCUT2D eigenvalue weighted by Crippen LogP contribution is -2.36. The van der Waals surface area contributed by atoms with Crippen molar-refractivity contribution in [1.29, 1.82) is 0 Å². The van der Waals surface area contributed by atoms with Gasteiger partial charge in [-0.25, -0.2) is 4.98 Å². The van der Waals surface area contributed by atoms with Crippen LogP contribution in [0.5, 0.6) is 0 Å². The minimum absolute atomic E-state index is 0.548. The van der Waals surface area contributed by atoms with Crippen LogP contribution < -0.4 is 10.6 Å². The van der Waals surface area contributed by atoms with Gasteiger partial charge in [-0.05, 0) is 47.2 Å². The van der Waals surface area contributed by atoms with Crippen molar-refractivity contribution in [3.63, 3.8) is 0 Å². The van der Waals surface area contributed by atoms with Crippen LogP contribution in [-0.4, -0.2) is 17.6 Å². The molecule has 0 spiro atoms. The molecule has 0 saturated heterocycles. The number of nitrogens with two attached hydrogens (primary N) is 1. The monoisotopic (exact) mass is 339 g/mol. The van der Waals surface area contributed by atoms with Crippen LogP contribution >= 0.6 is 15.9 Å². The van der Waals surface area contributed by atoms with E-state index in [1.54, 1.807) is 0 Å². The van der Waals surface area contributed by atoms with Crippen LogP contribution in [0.4, 0.5) is 5.82 Å². The third-order valence-electron chi connectivity index (χ3n) is 4.11. The number of hydrogen-bond donors (Lipinski definition) is 1. The number of rotatable bonds is 6. The molecule has 0 bridgehead atoms. The van der Waals surface area contributed by atoms with E-state index < -0.39 is 0 Å². The molecule has 1 saturated carbocycles. The van der Waals surface area contributed by atoms with Crippen LogP contribution in [0.1, 0.15) is 51.5 Å². The highest BCUT2D eigenvalue weighted by Crippen LogP contribution is 2.30. The average Bonchev–Trinajstić information content (AvgIpc) is 2.94. The van der Waals surface area contributed by atoms with Crippen molar-refractivity contribution in [2.75, 3.05) is 11.4 Å². The third-order valence-corrected chi connectivity index (χ3v) is 4.55. The first-order valence-corrected chi connectivity index (χ1v) is 8.52. The van der Waals surface area contributed by atoms with Gasteiger partial charge in [0.25, 0.3) is 0 Å². The minimum Gasteiger partial charge on any atom is -0.353 e. The molecule has 112 valence electrons. The lowest BCUT2D eigenvalue weighted by molar-refractivity contribution is 0.523. The molecule has 1 aromatic heterocycles. The Balaban J connectivity index is 2.24. The van der Waals surface area contributed by atoms with Crippen LogP contribution in [0.2, 0.25) is 0 Å². The largest absolute Gasteiger partial charge is 0.353 e. The quantitative estimate of drug-likeness (QED) is 0.848. The van der Waals surface area contributed by atoms with Crippen LogP contribution in [0.15, 0.2) is 16.7 Å². The van der Waals surface area contributed by atoms with E-state index in [-0.39, 0.29) is 0 Å². The second kappa shape index (κ2) is 7.41. The summed E-state index contributed by atoms with van der Waals surface area (Å²) in [6, 6.07) is 2.76. The van der Waals surface area contributed by atoms with Gasteiger partial charge in [0.05, 0.1) is 0 Å². The highest BCUT2D eigenvalue weighted by atomic mass is 79.9. The number of aromatic nitrogens is 1. The lowest BCUT2D eigenvalue weighted by atomic mass is 10.1. The Labute approximate surface area is 131 Å². The zero-order valence-corrected chi connectivity index (χ0v) is 14.2. The first kappa shape index (κ1) is 15.8. The summed E-state index contributed by atoms with van der Waals surface area (Å²) < 4.78 is 1.01. The van der Waals surface area contributed by atoms with Crippen molar-refractivity contribution >= 4 is 21.7 Å². The fourth-order valence-electron chi connectivity index (χ4n) is 2.96. The predicted octanol–water partition coefficient (Wildman–Crippen LogP) is 4.10. The van der Waals surface area contributed by atoms with Gasteiger partial charge in [0.1, 0.15) is 5.82 Å². The van der Waals surface area contributed by atoms with Crippen LogP contribution in [0.3, 0.4) is 0 Å². The molecule has 1 aliphatic carbocycles. The minimum atomic E-state index is 0.548. The zero-order valence-electron chi connectivity index (χ0n) is 12.6. The summed E-state index contributed by atoms with van der Waals surface area (Å²) >= 11 is 3.50. The Bertz CT molecular complexity index is 428. The third kappa shape index (κ3) is 3.95. The maximum Gasteiger partial charge on any atom is 0.133 e. The van der Waals surface area contributed by atoms with Gasteiger partial charge in [0, 0.05) is 35.4 Å². The highest BCUT2D eigenvalue weighted by Gasteiger charge is 2.25. The molecular formula is C16H26BrN3. The van der Waals surface area contributed by atoms with Crippen molar-refractivity contribution in [3.05, 3.63) is 22.3 Å². The Morgan fingerprint density at radius 1 is 1.40 bits per heavy atom. The summed E-state index contributed by atoms with van der Waals surface area (Å²) in [7, 11) is 0. The van der Waals surface area contributed by atoms with E-state index >= 15 is 0 Å². The van der Waals surface area contributed by atoms with E-state index in [0.717, 1.165) is 28.3 Å². The van der Waals surface area contributed by atoms with E-state index in [1.165, 1.54) is 32.1 Å². The molecule has 4 heteroatoms. The highest BCUT2D eigenvalue weighted by molar-refractivity contribution is 9.10. The summed E-state index contributed by atoms with van der Waals surface area (Å²) in [6.45, 7) is 6.20. The topological polar surface area (TPSA) is 42.2 Å². The Kier molecular flexibility index (Phi) is 5.85. The molecule has 0 aromatic carbocycles. The Hall–Kier alpha value is -0.610. The number of halogens is 1. The van der Waals surface area contributed by atoms with Crippen LogP contribution in [-0.2, 0) is 6.54 Å². The fraction of sp³-hybridized carbons (Fsp3) is 0.688. The molecule has 0 radical (unpaired) electrons. The van der Waals surface area contributed by atoms with Gasteiger partial charge in [0.15, 0.2) is 0 Å². The smallest absolute Gasteiger partial charge is 0.133 e. The molecule has 1 heterocycles. The molecule has 2 rings (SSSR count). The van der Waals surface area contributed by atoms with Gasteiger partial charge in [-0.1, -0.05) is 26.7 Å². The maximum absolute atomic E-state index is 5.92. The molecule has 1 aliphatic rings. The van der Waals surface area contributed by atoms with Gasteiger partial charge in [0.2, 0.25) is 0 Å². The second-order valence-electron chi connectivity index (χ2n) is 6.15. The van der Waals surface area contributed by atoms with Gasteiger partial charge < -0.3 is 10.6 Å². The second-order valence-corrected chi connectivity index (χ2v) is 7.07. The number of pyridine rings is 1. The van der Waals surface area contributed by atoms with Crippen LogP contribution in [0.25, 0.3) is 0 Å². The molecule has 0 amide bonds. The molecule has 0 unspecified atom stereocenters. The summed E-state index contributed by atoms with van der Waals surface area (Å²) in [5.41, 5.74) is 7.07. The predicted molar refractivity (Wildman–Crippen MR) is 88.9 cm³/mol. The molecule has 20 heavy (non-hydrogen) atoms. The normalized spacial score (nSPS) is 16.1.